The highest BCUT2D eigenvalue weighted by Gasteiger charge is 2.02. The van der Waals surface area contributed by atoms with Crippen LogP contribution in [0.15, 0.2) is 18.2 Å². The van der Waals surface area contributed by atoms with E-state index in [1.165, 1.54) is 11.1 Å². The van der Waals surface area contributed by atoms with Crippen molar-refractivity contribution >= 4 is 28.1 Å². The van der Waals surface area contributed by atoms with Gasteiger partial charge in [-0.05, 0) is 37.1 Å². The van der Waals surface area contributed by atoms with Gasteiger partial charge in [0.2, 0.25) is 5.13 Å². The minimum atomic E-state index is 0.748. The Morgan fingerprint density at radius 3 is 2.75 bits per heavy atom. The maximum absolute atomic E-state index is 5.90. The molecule has 0 saturated heterocycles. The molecule has 0 amide bonds. The summed E-state index contributed by atoms with van der Waals surface area (Å²) < 4.78 is 0. The smallest absolute Gasteiger partial charge is 0.205 e. The molecule has 0 bridgehead atoms. The van der Waals surface area contributed by atoms with Crippen molar-refractivity contribution in [3.05, 3.63) is 39.4 Å². The largest absolute Gasteiger partial charge is 0.356 e. The number of nitrogens with one attached hydrogen (secondary N) is 1. The van der Waals surface area contributed by atoms with Crippen LogP contribution in [0.5, 0.6) is 0 Å². The van der Waals surface area contributed by atoms with Crippen LogP contribution in [0.3, 0.4) is 0 Å². The van der Waals surface area contributed by atoms with E-state index in [1.807, 2.05) is 32.0 Å². The Balaban J connectivity index is 2.04. The summed E-state index contributed by atoms with van der Waals surface area (Å²) in [6, 6.07) is 5.89. The number of benzene rings is 1. The number of rotatable bonds is 3. The van der Waals surface area contributed by atoms with Gasteiger partial charge >= 0.3 is 0 Å². The monoisotopic (exact) mass is 253 g/mol. The number of hydrogen-bond acceptors (Lipinski definition) is 4. The fourth-order valence-corrected chi connectivity index (χ4v) is 2.21. The summed E-state index contributed by atoms with van der Waals surface area (Å²) in [4.78, 5) is 0. The van der Waals surface area contributed by atoms with Gasteiger partial charge in [0.25, 0.3) is 0 Å². The van der Waals surface area contributed by atoms with Crippen molar-refractivity contribution < 1.29 is 0 Å². The second-order valence-electron chi connectivity index (χ2n) is 3.55. The van der Waals surface area contributed by atoms with Crippen LogP contribution in [0.2, 0.25) is 5.02 Å². The molecule has 0 fully saturated rings. The molecule has 0 aliphatic heterocycles. The van der Waals surface area contributed by atoms with Gasteiger partial charge in [-0.25, -0.2) is 0 Å². The van der Waals surface area contributed by atoms with Gasteiger partial charge in [0.15, 0.2) is 0 Å². The molecule has 2 rings (SSSR count). The van der Waals surface area contributed by atoms with Crippen molar-refractivity contribution in [1.82, 2.24) is 10.2 Å². The van der Waals surface area contributed by atoms with Gasteiger partial charge in [0, 0.05) is 11.6 Å². The fourth-order valence-electron chi connectivity index (χ4n) is 1.40. The van der Waals surface area contributed by atoms with E-state index in [-0.39, 0.29) is 0 Å². The van der Waals surface area contributed by atoms with Crippen molar-refractivity contribution in [2.24, 2.45) is 0 Å². The van der Waals surface area contributed by atoms with E-state index in [9.17, 15) is 0 Å². The molecule has 0 atom stereocenters. The molecular formula is C11H12ClN3S. The van der Waals surface area contributed by atoms with E-state index in [0.29, 0.717) is 0 Å². The van der Waals surface area contributed by atoms with Crippen molar-refractivity contribution in [2.45, 2.75) is 20.4 Å². The highest BCUT2D eigenvalue weighted by atomic mass is 35.5. The van der Waals surface area contributed by atoms with Gasteiger partial charge in [-0.2, -0.15) is 0 Å². The lowest BCUT2D eigenvalue weighted by atomic mass is 10.1. The molecule has 0 radical (unpaired) electrons. The highest BCUT2D eigenvalue weighted by molar-refractivity contribution is 7.15. The Morgan fingerprint density at radius 1 is 1.31 bits per heavy atom. The SMILES string of the molecule is Cc1nnc(NCc2ccc(Cl)cc2C)s1. The molecule has 0 spiro atoms. The summed E-state index contributed by atoms with van der Waals surface area (Å²) in [7, 11) is 0. The van der Waals surface area contributed by atoms with Crippen LogP contribution in [-0.2, 0) is 6.54 Å². The van der Waals surface area contributed by atoms with Crippen LogP contribution in [0, 0.1) is 13.8 Å². The maximum atomic E-state index is 5.90. The van der Waals surface area contributed by atoms with E-state index < -0.39 is 0 Å². The lowest BCUT2D eigenvalue weighted by molar-refractivity contribution is 1.02. The minimum absolute atomic E-state index is 0.748. The van der Waals surface area contributed by atoms with Crippen LogP contribution >= 0.6 is 22.9 Å². The predicted octanol–water partition coefficient (Wildman–Crippen LogP) is 3.42. The van der Waals surface area contributed by atoms with Crippen molar-refractivity contribution in [2.75, 3.05) is 5.32 Å². The van der Waals surface area contributed by atoms with Crippen molar-refractivity contribution in [3.63, 3.8) is 0 Å². The second kappa shape index (κ2) is 4.80. The molecule has 1 N–H and O–H groups in total. The molecule has 1 heterocycles. The van der Waals surface area contributed by atoms with Crippen LogP contribution in [0.1, 0.15) is 16.1 Å². The quantitative estimate of drug-likeness (QED) is 0.911. The predicted molar refractivity (Wildman–Crippen MR) is 68.2 cm³/mol. The minimum Gasteiger partial charge on any atom is -0.356 e. The standard InChI is InChI=1S/C11H12ClN3S/c1-7-5-10(12)4-3-9(7)6-13-11-15-14-8(2)16-11/h3-5H,6H2,1-2H3,(H,13,15). The Bertz CT molecular complexity index is 496. The van der Waals surface area contributed by atoms with Gasteiger partial charge in [-0.3, -0.25) is 0 Å². The van der Waals surface area contributed by atoms with Gasteiger partial charge in [-0.15, -0.1) is 10.2 Å². The normalized spacial score (nSPS) is 10.4. The fraction of sp³-hybridized carbons (Fsp3) is 0.273. The number of anilines is 1. The summed E-state index contributed by atoms with van der Waals surface area (Å²) >= 11 is 7.45. The number of aryl methyl sites for hydroxylation is 2. The lowest BCUT2D eigenvalue weighted by Crippen LogP contribution is -2.00. The van der Waals surface area contributed by atoms with Crippen LogP contribution in [0.4, 0.5) is 5.13 Å². The molecule has 1 aromatic carbocycles. The van der Waals surface area contributed by atoms with Gasteiger partial charge in [-0.1, -0.05) is 29.0 Å². The average Bonchev–Trinajstić information content (AvgIpc) is 2.63. The number of nitrogens with zero attached hydrogens (tertiary/aromatic N) is 2. The maximum Gasteiger partial charge on any atom is 0.205 e. The molecule has 84 valence electrons. The van der Waals surface area contributed by atoms with Gasteiger partial charge in [0.05, 0.1) is 0 Å². The first-order chi connectivity index (χ1) is 7.65. The zero-order valence-electron chi connectivity index (χ0n) is 9.12. The third-order valence-electron chi connectivity index (χ3n) is 2.26. The first kappa shape index (κ1) is 11.4. The van der Waals surface area contributed by atoms with Gasteiger partial charge in [0.1, 0.15) is 5.01 Å². The summed E-state index contributed by atoms with van der Waals surface area (Å²) in [5.41, 5.74) is 2.40. The molecule has 5 heteroatoms. The zero-order chi connectivity index (χ0) is 11.5. The molecule has 0 saturated carbocycles. The third-order valence-corrected chi connectivity index (χ3v) is 3.29. The van der Waals surface area contributed by atoms with Crippen molar-refractivity contribution in [1.29, 1.82) is 0 Å². The summed E-state index contributed by atoms with van der Waals surface area (Å²) in [5.74, 6) is 0. The van der Waals surface area contributed by atoms with E-state index in [2.05, 4.69) is 15.5 Å². The van der Waals surface area contributed by atoms with Crippen LogP contribution in [0.25, 0.3) is 0 Å². The molecule has 16 heavy (non-hydrogen) atoms. The molecule has 3 nitrogen and oxygen atoms in total. The number of halogens is 1. The van der Waals surface area contributed by atoms with E-state index in [1.54, 1.807) is 11.3 Å². The molecule has 0 aliphatic rings. The van der Waals surface area contributed by atoms with Gasteiger partial charge < -0.3 is 5.32 Å². The first-order valence-corrected chi connectivity index (χ1v) is 6.13. The highest BCUT2D eigenvalue weighted by Crippen LogP contribution is 2.18. The number of hydrogen-bond donors (Lipinski definition) is 1. The van der Waals surface area contributed by atoms with Crippen molar-refractivity contribution in [3.8, 4) is 0 Å². The molecule has 1 aromatic heterocycles. The molecular weight excluding hydrogens is 242 g/mol. The third kappa shape index (κ3) is 2.71. The van der Waals surface area contributed by atoms with Crippen LogP contribution < -0.4 is 5.32 Å². The number of aromatic nitrogens is 2. The van der Waals surface area contributed by atoms with E-state index >= 15 is 0 Å². The Morgan fingerprint density at radius 2 is 2.12 bits per heavy atom. The first-order valence-electron chi connectivity index (χ1n) is 4.94. The summed E-state index contributed by atoms with van der Waals surface area (Å²) in [5, 5.41) is 13.8. The Kier molecular flexibility index (Phi) is 3.41. The lowest BCUT2D eigenvalue weighted by Gasteiger charge is -2.06. The van der Waals surface area contributed by atoms with E-state index in [4.69, 9.17) is 11.6 Å². The molecule has 0 unspecified atom stereocenters. The Labute approximate surface area is 103 Å². The Hall–Kier alpha value is -1.13. The van der Waals surface area contributed by atoms with E-state index in [0.717, 1.165) is 21.7 Å². The van der Waals surface area contributed by atoms with Crippen LogP contribution in [-0.4, -0.2) is 10.2 Å². The second-order valence-corrected chi connectivity index (χ2v) is 5.17. The zero-order valence-corrected chi connectivity index (χ0v) is 10.7. The molecule has 0 aliphatic carbocycles. The molecule has 2 aromatic rings. The average molecular weight is 254 g/mol. The topological polar surface area (TPSA) is 37.8 Å². The summed E-state index contributed by atoms with van der Waals surface area (Å²) in [6.07, 6.45) is 0. The summed E-state index contributed by atoms with van der Waals surface area (Å²) in [6.45, 7) is 4.74.